The van der Waals surface area contributed by atoms with Gasteiger partial charge in [-0.3, -0.25) is 14.4 Å². The second-order valence-electron chi connectivity index (χ2n) is 15.9. The summed E-state index contributed by atoms with van der Waals surface area (Å²) in [5.41, 5.74) is 8.72. The summed E-state index contributed by atoms with van der Waals surface area (Å²) in [7, 11) is 3.54. The highest BCUT2D eigenvalue weighted by Crippen LogP contribution is 2.41. The minimum absolute atomic E-state index is 0.0181. The van der Waals surface area contributed by atoms with Crippen LogP contribution in [0.25, 0.3) is 10.9 Å². The van der Waals surface area contributed by atoms with Gasteiger partial charge in [0.15, 0.2) is 11.9 Å². The van der Waals surface area contributed by atoms with Gasteiger partial charge in [0, 0.05) is 51.3 Å². The third-order valence-electron chi connectivity index (χ3n) is 12.4. The molecule has 52 heavy (non-hydrogen) atoms. The third-order valence-corrected chi connectivity index (χ3v) is 12.4. The van der Waals surface area contributed by atoms with Crippen LogP contribution in [0, 0.1) is 13.8 Å². The van der Waals surface area contributed by atoms with Crippen molar-refractivity contribution in [2.75, 3.05) is 63.3 Å². The molecule has 0 radical (unpaired) electrons. The monoisotopic (exact) mass is 708 g/mol. The van der Waals surface area contributed by atoms with Gasteiger partial charge in [0.2, 0.25) is 0 Å². The van der Waals surface area contributed by atoms with Crippen molar-refractivity contribution in [1.29, 1.82) is 0 Å². The quantitative estimate of drug-likeness (QED) is 0.260. The Kier molecular flexibility index (Phi) is 8.60. The summed E-state index contributed by atoms with van der Waals surface area (Å²) in [6, 6.07) is 4.70. The lowest BCUT2D eigenvalue weighted by Gasteiger charge is -2.35. The number of aryl methyl sites for hydroxylation is 2. The normalized spacial score (nSPS) is 21.6. The highest BCUT2D eigenvalue weighted by Gasteiger charge is 2.45. The van der Waals surface area contributed by atoms with Gasteiger partial charge in [0.1, 0.15) is 12.4 Å². The van der Waals surface area contributed by atoms with E-state index in [0.29, 0.717) is 31.4 Å². The minimum atomic E-state index is -0.0769. The van der Waals surface area contributed by atoms with E-state index in [0.717, 1.165) is 99.5 Å². The number of hydrogen-bond donors (Lipinski definition) is 0. The fraction of sp³-hybridized carbons (Fsp3) is 0.615. The lowest BCUT2D eigenvalue weighted by molar-refractivity contribution is -0.0366. The van der Waals surface area contributed by atoms with Crippen molar-refractivity contribution in [1.82, 2.24) is 39.3 Å². The Balaban J connectivity index is 1.07. The first kappa shape index (κ1) is 33.6. The predicted octanol–water partition coefficient (Wildman–Crippen LogP) is 5.02. The molecule has 1 amide bonds. The number of nitrogens with zero attached hydrogens (tertiary/aromatic N) is 10. The molecular weight excluding hydrogens is 656 g/mol. The summed E-state index contributed by atoms with van der Waals surface area (Å²) < 4.78 is 17.0. The number of carbonyl (C=O) groups excluding carboxylic acids is 1. The maximum absolute atomic E-state index is 12.8. The molecule has 8 heterocycles. The maximum atomic E-state index is 12.8. The minimum Gasteiger partial charge on any atom is -0.461 e. The van der Waals surface area contributed by atoms with Gasteiger partial charge in [0.05, 0.1) is 47.4 Å². The first-order valence-electron chi connectivity index (χ1n) is 19.4. The molecule has 0 N–H and O–H groups in total. The topological polar surface area (TPSA) is 110 Å². The largest absolute Gasteiger partial charge is 0.461 e. The number of hydrogen-bond acceptors (Lipinski definition) is 10. The Morgan fingerprint density at radius 3 is 2.62 bits per heavy atom. The van der Waals surface area contributed by atoms with Crippen molar-refractivity contribution < 1.29 is 14.3 Å². The lowest BCUT2D eigenvalue weighted by Crippen LogP contribution is -2.43. The molecule has 3 fully saturated rings. The molecule has 13 heteroatoms. The molecule has 1 aromatic carbocycles. The van der Waals surface area contributed by atoms with Gasteiger partial charge in [-0.15, -0.1) is 0 Å². The molecule has 1 atom stereocenters. The fourth-order valence-electron chi connectivity index (χ4n) is 9.50. The van der Waals surface area contributed by atoms with Crippen molar-refractivity contribution >= 4 is 28.3 Å². The van der Waals surface area contributed by atoms with E-state index < -0.39 is 0 Å². The van der Waals surface area contributed by atoms with E-state index in [4.69, 9.17) is 29.6 Å². The van der Waals surface area contributed by atoms with E-state index >= 15 is 0 Å². The van der Waals surface area contributed by atoms with Crippen LogP contribution in [0.4, 0.5) is 11.5 Å². The third kappa shape index (κ3) is 5.80. The molecule has 13 nitrogen and oxygen atoms in total. The number of rotatable bonds is 7. The molecule has 1 unspecified atom stereocenters. The highest BCUT2D eigenvalue weighted by molar-refractivity contribution is 5.95. The van der Waals surface area contributed by atoms with Gasteiger partial charge in [-0.1, -0.05) is 0 Å². The van der Waals surface area contributed by atoms with Crippen LogP contribution in [-0.4, -0.2) is 104 Å². The standard InChI is InChI=1S/C39H52N10O3/c1-26-20-33-30(22-40-49(33)34-10-5-6-19-51-34)35(27(26)2)45-18-11-29-32(24-45)41-38(52-25-39-12-7-15-47(39)16-8-13-39)42-36(29)46-14-9-17-48-28(23-46)21-31(43-48)37(50)44(3)4/h20-22,34H,5-19,23-25H2,1-4H3. The van der Waals surface area contributed by atoms with Crippen molar-refractivity contribution in [2.24, 2.45) is 0 Å². The molecule has 276 valence electrons. The number of fused-ring (bicyclic) bond motifs is 4. The van der Waals surface area contributed by atoms with Gasteiger partial charge >= 0.3 is 6.01 Å². The molecule has 5 aliphatic heterocycles. The van der Waals surface area contributed by atoms with Crippen LogP contribution in [0.5, 0.6) is 6.01 Å². The Labute approximate surface area is 305 Å². The summed E-state index contributed by atoms with van der Waals surface area (Å²) in [5.74, 6) is 0.877. The molecule has 4 aromatic rings. The predicted molar refractivity (Wildman–Crippen MR) is 199 cm³/mol. The number of benzene rings is 1. The maximum Gasteiger partial charge on any atom is 0.318 e. The lowest BCUT2D eigenvalue weighted by atomic mass is 9.95. The van der Waals surface area contributed by atoms with Gasteiger partial charge in [-0.25, -0.2) is 4.68 Å². The van der Waals surface area contributed by atoms with Crippen LogP contribution < -0.4 is 14.5 Å². The van der Waals surface area contributed by atoms with E-state index in [1.807, 2.05) is 16.9 Å². The van der Waals surface area contributed by atoms with Crippen LogP contribution in [0.3, 0.4) is 0 Å². The average molecular weight is 709 g/mol. The highest BCUT2D eigenvalue weighted by atomic mass is 16.5. The van der Waals surface area contributed by atoms with E-state index in [9.17, 15) is 4.79 Å². The first-order valence-corrected chi connectivity index (χ1v) is 19.4. The van der Waals surface area contributed by atoms with Gasteiger partial charge < -0.3 is 24.2 Å². The second-order valence-corrected chi connectivity index (χ2v) is 15.9. The molecule has 9 rings (SSSR count). The number of carbonyl (C=O) groups is 1. The van der Waals surface area contributed by atoms with Gasteiger partial charge in [-0.2, -0.15) is 20.2 Å². The van der Waals surface area contributed by atoms with E-state index in [-0.39, 0.29) is 17.7 Å². The van der Waals surface area contributed by atoms with Crippen molar-refractivity contribution in [3.05, 3.63) is 52.1 Å². The molecule has 3 aromatic heterocycles. The second kappa shape index (κ2) is 13.3. The smallest absolute Gasteiger partial charge is 0.318 e. The summed E-state index contributed by atoms with van der Waals surface area (Å²) >= 11 is 0. The SMILES string of the molecule is Cc1cc2c(cnn2C2CCCCO2)c(N2CCc3c(nc(OCC45CCCN4CCC5)nc3N3CCCn4nc(C(=O)N(C)C)cc4C3)C2)c1C. The van der Waals surface area contributed by atoms with E-state index in [1.54, 1.807) is 19.0 Å². The first-order chi connectivity index (χ1) is 25.3. The fourth-order valence-corrected chi connectivity index (χ4v) is 9.50. The molecule has 3 saturated heterocycles. The Morgan fingerprint density at radius 1 is 0.981 bits per heavy atom. The molecule has 0 spiro atoms. The zero-order valence-electron chi connectivity index (χ0n) is 31.2. The van der Waals surface area contributed by atoms with E-state index in [1.165, 1.54) is 48.1 Å². The van der Waals surface area contributed by atoms with Crippen molar-refractivity contribution in [3.8, 4) is 6.01 Å². The van der Waals surface area contributed by atoms with Crippen LogP contribution in [0.15, 0.2) is 18.3 Å². The van der Waals surface area contributed by atoms with Crippen LogP contribution in [0.2, 0.25) is 0 Å². The zero-order chi connectivity index (χ0) is 35.6. The van der Waals surface area contributed by atoms with Crippen molar-refractivity contribution in [2.45, 2.75) is 103 Å². The summed E-state index contributed by atoms with van der Waals surface area (Å²) in [6.45, 7) is 11.9. The number of aromatic nitrogens is 6. The Bertz CT molecular complexity index is 1990. The number of amides is 1. The van der Waals surface area contributed by atoms with Crippen LogP contribution in [0.1, 0.15) is 96.2 Å². The molecule has 5 aliphatic rings. The Morgan fingerprint density at radius 2 is 1.83 bits per heavy atom. The molecule has 0 bridgehead atoms. The van der Waals surface area contributed by atoms with Crippen LogP contribution >= 0.6 is 0 Å². The summed E-state index contributed by atoms with van der Waals surface area (Å²) in [4.78, 5) is 32.3. The number of anilines is 2. The molecular formula is C39H52N10O3. The molecule has 0 saturated carbocycles. The van der Waals surface area contributed by atoms with E-state index in [2.05, 4.69) is 39.3 Å². The van der Waals surface area contributed by atoms with Gasteiger partial charge in [-0.05, 0) is 108 Å². The molecule has 0 aliphatic carbocycles. The summed E-state index contributed by atoms with van der Waals surface area (Å²) in [6.07, 6.45) is 11.8. The van der Waals surface area contributed by atoms with Crippen LogP contribution in [-0.2, 0) is 30.8 Å². The average Bonchev–Trinajstić information content (AvgIpc) is 3.92. The summed E-state index contributed by atoms with van der Waals surface area (Å²) in [5, 5.41) is 10.8. The number of ether oxygens (including phenoxy) is 2. The van der Waals surface area contributed by atoms with Gasteiger partial charge in [0.25, 0.3) is 5.91 Å². The van der Waals surface area contributed by atoms with Crippen molar-refractivity contribution in [3.63, 3.8) is 0 Å². The zero-order valence-corrected chi connectivity index (χ0v) is 31.2. The Hall–Kier alpha value is -4.23.